The predicted molar refractivity (Wildman–Crippen MR) is 64.6 cm³/mol. The number of allylic oxidation sites excluding steroid dienone is 1. The minimum absolute atomic E-state index is 0.0810. The highest BCUT2D eigenvalue weighted by Crippen LogP contribution is 2.01. The van der Waals surface area contributed by atoms with Gasteiger partial charge in [0, 0.05) is 18.8 Å². The van der Waals surface area contributed by atoms with Gasteiger partial charge in [0.15, 0.2) is 0 Å². The van der Waals surface area contributed by atoms with Crippen LogP contribution in [-0.2, 0) is 4.79 Å². The van der Waals surface area contributed by atoms with Crippen LogP contribution in [0.25, 0.3) is 0 Å². The molecule has 0 saturated carbocycles. The van der Waals surface area contributed by atoms with Crippen molar-refractivity contribution in [1.82, 2.24) is 4.98 Å². The lowest BCUT2D eigenvalue weighted by molar-refractivity contribution is -0.129. The molecule has 0 spiro atoms. The van der Waals surface area contributed by atoms with Crippen molar-refractivity contribution in [3.63, 3.8) is 0 Å². The highest BCUT2D eigenvalue weighted by molar-refractivity contribution is 6.35. The molecule has 1 aromatic heterocycles. The van der Waals surface area contributed by atoms with Gasteiger partial charge in [0.2, 0.25) is 0 Å². The van der Waals surface area contributed by atoms with Gasteiger partial charge in [-0.05, 0) is 18.6 Å². The number of aromatic nitrogens is 1. The van der Waals surface area contributed by atoms with Gasteiger partial charge >= 0.3 is 11.9 Å². The molecule has 94 valence electrons. The summed E-state index contributed by atoms with van der Waals surface area (Å²) in [4.78, 5) is 27.6. The number of carbonyl (C=O) groups is 2. The monoisotopic (exact) mass is 248 g/mol. The van der Waals surface area contributed by atoms with E-state index in [4.69, 9.17) is 10.2 Å². The van der Waals surface area contributed by atoms with Crippen LogP contribution in [-0.4, -0.2) is 32.8 Å². The topological polar surface area (TPSA) is 99.8 Å². The van der Waals surface area contributed by atoms with Crippen LogP contribution in [0.4, 0.5) is 0 Å². The van der Waals surface area contributed by atoms with E-state index in [0.29, 0.717) is 6.42 Å². The van der Waals surface area contributed by atoms with Crippen LogP contribution in [0.3, 0.4) is 0 Å². The molecule has 18 heavy (non-hydrogen) atoms. The van der Waals surface area contributed by atoms with E-state index in [0.717, 1.165) is 6.42 Å². The predicted octanol–water partition coefficient (Wildman–Crippen LogP) is 1.60. The summed E-state index contributed by atoms with van der Waals surface area (Å²) in [6, 6.07) is 4.76. The van der Waals surface area contributed by atoms with Crippen molar-refractivity contribution in [1.29, 1.82) is 0 Å². The zero-order chi connectivity index (χ0) is 13.4. The quantitative estimate of drug-likeness (QED) is 0.827. The Bertz CT molecular complexity index is 480. The number of carboxylic acid groups (broad SMARTS) is 2. The molecule has 0 saturated heterocycles. The first kappa shape index (κ1) is 13.6. The van der Waals surface area contributed by atoms with Crippen LogP contribution in [0.2, 0.25) is 0 Å². The maximum absolute atomic E-state index is 10.2. The molecule has 0 bridgehead atoms. The standard InChI is InChI=1S/C6H7NO2.C6H5NO2/c2*8-6(9)5-3-1-2-4-7-5/h2,4H,1,3H2,(H,8,9);1-4H,(H,8,9). The minimum Gasteiger partial charge on any atom is -0.477 e. The largest absolute Gasteiger partial charge is 0.477 e. The summed E-state index contributed by atoms with van der Waals surface area (Å²) in [5.41, 5.74) is 0.343. The highest BCUT2D eigenvalue weighted by Gasteiger charge is 2.08. The zero-order valence-corrected chi connectivity index (χ0v) is 9.48. The average Bonchev–Trinajstić information content (AvgIpc) is 2.41. The molecule has 0 unspecified atom stereocenters. The number of aliphatic imine (C=N–C) groups is 1. The summed E-state index contributed by atoms with van der Waals surface area (Å²) in [5, 5.41) is 16.7. The fourth-order valence-electron chi connectivity index (χ4n) is 1.15. The molecular weight excluding hydrogens is 236 g/mol. The smallest absolute Gasteiger partial charge is 0.354 e. The van der Waals surface area contributed by atoms with Crippen LogP contribution in [0, 0.1) is 0 Å². The van der Waals surface area contributed by atoms with E-state index in [9.17, 15) is 9.59 Å². The normalized spacial score (nSPS) is 13.0. The minimum atomic E-state index is -0.990. The van der Waals surface area contributed by atoms with Gasteiger partial charge < -0.3 is 10.2 Å². The van der Waals surface area contributed by atoms with Gasteiger partial charge in [0.05, 0.1) is 0 Å². The zero-order valence-electron chi connectivity index (χ0n) is 9.48. The van der Waals surface area contributed by atoms with E-state index in [1.54, 1.807) is 12.1 Å². The molecule has 0 aromatic carbocycles. The summed E-state index contributed by atoms with van der Waals surface area (Å²) >= 11 is 0. The lowest BCUT2D eigenvalue weighted by Gasteiger charge is -1.99. The fraction of sp³-hybridized carbons (Fsp3) is 0.167. The third kappa shape index (κ3) is 4.56. The van der Waals surface area contributed by atoms with E-state index in [1.165, 1.54) is 18.5 Å². The van der Waals surface area contributed by atoms with E-state index in [1.807, 2.05) is 6.08 Å². The molecule has 6 nitrogen and oxygen atoms in total. The second-order valence-corrected chi connectivity index (χ2v) is 3.32. The van der Waals surface area contributed by atoms with Gasteiger partial charge in [0.25, 0.3) is 0 Å². The van der Waals surface area contributed by atoms with Gasteiger partial charge in [-0.25, -0.2) is 14.6 Å². The van der Waals surface area contributed by atoms with Gasteiger partial charge in [-0.1, -0.05) is 12.1 Å². The summed E-state index contributed by atoms with van der Waals surface area (Å²) < 4.78 is 0. The molecule has 2 N–H and O–H groups in total. The first-order valence-corrected chi connectivity index (χ1v) is 5.20. The Labute approximate surface area is 103 Å². The van der Waals surface area contributed by atoms with Crippen molar-refractivity contribution < 1.29 is 19.8 Å². The van der Waals surface area contributed by atoms with E-state index in [2.05, 4.69) is 9.98 Å². The van der Waals surface area contributed by atoms with Crippen molar-refractivity contribution in [2.75, 3.05) is 0 Å². The summed E-state index contributed by atoms with van der Waals surface area (Å²) in [6.07, 6.45) is 6.19. The molecule has 1 aliphatic rings. The average molecular weight is 248 g/mol. The van der Waals surface area contributed by atoms with Crippen LogP contribution < -0.4 is 0 Å². The number of hydrogen-bond donors (Lipinski definition) is 2. The number of pyridine rings is 1. The molecule has 1 aromatic rings. The van der Waals surface area contributed by atoms with E-state index >= 15 is 0 Å². The van der Waals surface area contributed by atoms with Crippen molar-refractivity contribution in [3.8, 4) is 0 Å². The molecular formula is C12H12N2O4. The van der Waals surface area contributed by atoms with Crippen LogP contribution in [0.15, 0.2) is 41.7 Å². The third-order valence-corrected chi connectivity index (χ3v) is 2.01. The fourth-order valence-corrected chi connectivity index (χ4v) is 1.15. The first-order valence-electron chi connectivity index (χ1n) is 5.20. The van der Waals surface area contributed by atoms with Gasteiger partial charge in [-0.15, -0.1) is 0 Å². The third-order valence-electron chi connectivity index (χ3n) is 2.01. The van der Waals surface area contributed by atoms with Crippen molar-refractivity contribution in [3.05, 3.63) is 42.4 Å². The maximum Gasteiger partial charge on any atom is 0.354 e. The van der Waals surface area contributed by atoms with Gasteiger partial charge in [-0.3, -0.25) is 4.99 Å². The van der Waals surface area contributed by atoms with Crippen LogP contribution in [0.1, 0.15) is 23.3 Å². The van der Waals surface area contributed by atoms with Gasteiger partial charge in [-0.2, -0.15) is 0 Å². The lowest BCUT2D eigenvalue weighted by atomic mass is 10.2. The van der Waals surface area contributed by atoms with Crippen molar-refractivity contribution in [2.24, 2.45) is 4.99 Å². The second-order valence-electron chi connectivity index (χ2n) is 3.32. The highest BCUT2D eigenvalue weighted by atomic mass is 16.4. The first-order chi connectivity index (χ1) is 8.61. The number of aromatic carboxylic acids is 1. The Morgan fingerprint density at radius 1 is 1.17 bits per heavy atom. The molecule has 0 amide bonds. The maximum atomic E-state index is 10.2. The molecule has 0 fully saturated rings. The molecule has 0 atom stereocenters. The Hall–Kier alpha value is -2.50. The molecule has 2 rings (SSSR count). The number of rotatable bonds is 2. The SMILES string of the molecule is O=C(O)C1=NC=CCC1.O=C(O)c1ccccn1. The number of nitrogens with zero attached hydrogens (tertiary/aromatic N) is 2. The lowest BCUT2D eigenvalue weighted by Crippen LogP contribution is -2.13. The number of aliphatic carboxylic acids is 1. The molecule has 2 heterocycles. The number of carboxylic acids is 2. The summed E-state index contributed by atoms with van der Waals surface area (Å²) in [5.74, 6) is -1.89. The summed E-state index contributed by atoms with van der Waals surface area (Å²) in [7, 11) is 0. The Balaban J connectivity index is 0.000000180. The van der Waals surface area contributed by atoms with Crippen LogP contribution >= 0.6 is 0 Å². The van der Waals surface area contributed by atoms with E-state index in [-0.39, 0.29) is 11.4 Å². The van der Waals surface area contributed by atoms with Crippen LogP contribution in [0.5, 0.6) is 0 Å². The summed E-state index contributed by atoms with van der Waals surface area (Å²) in [6.45, 7) is 0. The van der Waals surface area contributed by atoms with Crippen molar-refractivity contribution >= 4 is 17.7 Å². The Morgan fingerprint density at radius 3 is 2.28 bits per heavy atom. The molecule has 1 aliphatic heterocycles. The van der Waals surface area contributed by atoms with Crippen molar-refractivity contribution in [2.45, 2.75) is 12.8 Å². The molecule has 6 heteroatoms. The van der Waals surface area contributed by atoms with Gasteiger partial charge in [0.1, 0.15) is 11.4 Å². The molecule has 0 aliphatic carbocycles. The molecule has 0 radical (unpaired) electrons. The second kappa shape index (κ2) is 6.95. The van der Waals surface area contributed by atoms with E-state index < -0.39 is 11.9 Å². The Morgan fingerprint density at radius 2 is 1.94 bits per heavy atom. The number of hydrogen-bond acceptors (Lipinski definition) is 4. The Kier molecular flexibility index (Phi) is 5.24.